The molecule has 1 heterocycles. The minimum absolute atomic E-state index is 0.0414. The second-order valence-corrected chi connectivity index (χ2v) is 5.90. The molecule has 3 aromatic rings. The molecule has 124 valence electrons. The van der Waals surface area contributed by atoms with Crippen LogP contribution in [0, 0.1) is 10.1 Å². The number of rotatable bonds is 6. The van der Waals surface area contributed by atoms with Crippen LogP contribution in [0.15, 0.2) is 76.3 Å². The third-order valence-corrected chi connectivity index (χ3v) is 4.02. The lowest BCUT2D eigenvalue weighted by Crippen LogP contribution is -1.87. The van der Waals surface area contributed by atoms with Crippen molar-refractivity contribution in [3.63, 3.8) is 0 Å². The summed E-state index contributed by atoms with van der Waals surface area (Å²) in [7, 11) is 0. The molecule has 0 fully saturated rings. The fourth-order valence-electron chi connectivity index (χ4n) is 2.12. The van der Waals surface area contributed by atoms with Gasteiger partial charge in [-0.05, 0) is 5.56 Å². The SMILES string of the molecule is O=[N+]([O-])c1cccc(-c2csc(N=NCC=Cc3ccccc3)n2)c1. The van der Waals surface area contributed by atoms with Crippen LogP contribution in [0.5, 0.6) is 0 Å². The first-order chi connectivity index (χ1) is 12.2. The van der Waals surface area contributed by atoms with E-state index in [4.69, 9.17) is 0 Å². The van der Waals surface area contributed by atoms with Crippen molar-refractivity contribution in [1.82, 2.24) is 4.98 Å². The predicted molar refractivity (Wildman–Crippen MR) is 99.1 cm³/mol. The summed E-state index contributed by atoms with van der Waals surface area (Å²) >= 11 is 1.35. The van der Waals surface area contributed by atoms with Gasteiger partial charge in [0.2, 0.25) is 5.13 Å². The van der Waals surface area contributed by atoms with Crippen LogP contribution in [0.25, 0.3) is 17.3 Å². The number of benzene rings is 2. The molecule has 0 radical (unpaired) electrons. The number of nitrogens with zero attached hydrogens (tertiary/aromatic N) is 4. The molecule has 0 atom stereocenters. The molecule has 0 saturated heterocycles. The average Bonchev–Trinajstić information content (AvgIpc) is 3.11. The van der Waals surface area contributed by atoms with E-state index < -0.39 is 4.92 Å². The van der Waals surface area contributed by atoms with Crippen LogP contribution in [-0.4, -0.2) is 16.5 Å². The van der Waals surface area contributed by atoms with E-state index in [0.29, 0.717) is 22.9 Å². The Morgan fingerprint density at radius 1 is 1.16 bits per heavy atom. The van der Waals surface area contributed by atoms with Gasteiger partial charge in [-0.3, -0.25) is 10.1 Å². The second-order valence-electron chi connectivity index (χ2n) is 5.06. The zero-order chi connectivity index (χ0) is 17.5. The summed E-state index contributed by atoms with van der Waals surface area (Å²) < 4.78 is 0. The minimum atomic E-state index is -0.421. The summed E-state index contributed by atoms with van der Waals surface area (Å²) in [5, 5.41) is 21.4. The predicted octanol–water partition coefficient (Wildman–Crippen LogP) is 5.52. The fraction of sp³-hybridized carbons (Fsp3) is 0.0556. The summed E-state index contributed by atoms with van der Waals surface area (Å²) in [6.07, 6.45) is 3.91. The third-order valence-electron chi connectivity index (χ3n) is 3.30. The molecule has 0 amide bonds. The molecule has 0 aliphatic carbocycles. The minimum Gasteiger partial charge on any atom is -0.258 e. The molecule has 6 nitrogen and oxygen atoms in total. The molecule has 0 N–H and O–H groups in total. The molecule has 0 unspecified atom stereocenters. The lowest BCUT2D eigenvalue weighted by atomic mass is 10.1. The zero-order valence-electron chi connectivity index (χ0n) is 13.1. The van der Waals surface area contributed by atoms with E-state index in [0.717, 1.165) is 5.56 Å². The van der Waals surface area contributed by atoms with Crippen molar-refractivity contribution in [2.45, 2.75) is 0 Å². The molecule has 0 aliphatic rings. The van der Waals surface area contributed by atoms with Gasteiger partial charge in [0.15, 0.2) is 0 Å². The number of non-ortho nitro benzene ring substituents is 1. The van der Waals surface area contributed by atoms with Crippen LogP contribution in [0.4, 0.5) is 10.8 Å². The lowest BCUT2D eigenvalue weighted by molar-refractivity contribution is -0.384. The Labute approximate surface area is 148 Å². The normalized spacial score (nSPS) is 11.4. The van der Waals surface area contributed by atoms with Gasteiger partial charge in [-0.2, -0.15) is 5.11 Å². The highest BCUT2D eigenvalue weighted by Gasteiger charge is 2.09. The second kappa shape index (κ2) is 8.07. The van der Waals surface area contributed by atoms with Gasteiger partial charge in [0, 0.05) is 23.1 Å². The Kier molecular flexibility index (Phi) is 5.38. The Balaban J connectivity index is 1.63. The fourth-order valence-corrected chi connectivity index (χ4v) is 2.78. The summed E-state index contributed by atoms with van der Waals surface area (Å²) in [4.78, 5) is 14.8. The van der Waals surface area contributed by atoms with Crippen molar-refractivity contribution in [3.8, 4) is 11.3 Å². The van der Waals surface area contributed by atoms with Gasteiger partial charge in [-0.25, -0.2) is 4.98 Å². The number of hydrogen-bond acceptors (Lipinski definition) is 6. The highest BCUT2D eigenvalue weighted by Crippen LogP contribution is 2.28. The highest BCUT2D eigenvalue weighted by molar-refractivity contribution is 7.13. The molecule has 3 rings (SSSR count). The maximum atomic E-state index is 10.8. The first kappa shape index (κ1) is 16.7. The molecule has 25 heavy (non-hydrogen) atoms. The van der Waals surface area contributed by atoms with E-state index in [-0.39, 0.29) is 5.69 Å². The molecule has 7 heteroatoms. The van der Waals surface area contributed by atoms with Gasteiger partial charge in [0.1, 0.15) is 0 Å². The van der Waals surface area contributed by atoms with Crippen LogP contribution < -0.4 is 0 Å². The third kappa shape index (κ3) is 4.65. The molecule has 1 aromatic heterocycles. The average molecular weight is 350 g/mol. The van der Waals surface area contributed by atoms with Crippen LogP contribution in [0.2, 0.25) is 0 Å². The molecule has 0 bridgehead atoms. The molecular formula is C18H14N4O2S. The summed E-state index contributed by atoms with van der Waals surface area (Å²) in [6.45, 7) is 0.459. The van der Waals surface area contributed by atoms with Gasteiger partial charge in [0.05, 0.1) is 17.2 Å². The Hall–Kier alpha value is -3.19. The van der Waals surface area contributed by atoms with Crippen LogP contribution in [-0.2, 0) is 0 Å². The monoisotopic (exact) mass is 350 g/mol. The Morgan fingerprint density at radius 3 is 2.80 bits per heavy atom. The van der Waals surface area contributed by atoms with Crippen LogP contribution in [0.1, 0.15) is 5.56 Å². The quantitative estimate of drug-likeness (QED) is 0.334. The smallest absolute Gasteiger partial charge is 0.258 e. The zero-order valence-corrected chi connectivity index (χ0v) is 14.0. The van der Waals surface area contributed by atoms with E-state index >= 15 is 0 Å². The first-order valence-corrected chi connectivity index (χ1v) is 8.40. The summed E-state index contributed by atoms with van der Waals surface area (Å²) in [6, 6.07) is 16.3. The van der Waals surface area contributed by atoms with E-state index in [9.17, 15) is 10.1 Å². The summed E-state index contributed by atoms with van der Waals surface area (Å²) in [5.41, 5.74) is 2.50. The van der Waals surface area contributed by atoms with E-state index in [1.165, 1.54) is 23.5 Å². The van der Waals surface area contributed by atoms with Crippen molar-refractivity contribution in [2.24, 2.45) is 10.2 Å². The maximum Gasteiger partial charge on any atom is 0.270 e. The summed E-state index contributed by atoms with van der Waals surface area (Å²) in [5.74, 6) is 0. The number of nitro benzene ring substituents is 1. The van der Waals surface area contributed by atoms with Gasteiger partial charge in [0.25, 0.3) is 5.69 Å². The topological polar surface area (TPSA) is 80.8 Å². The van der Waals surface area contributed by atoms with Crippen molar-refractivity contribution in [2.75, 3.05) is 6.54 Å². The van der Waals surface area contributed by atoms with Gasteiger partial charge in [-0.15, -0.1) is 16.5 Å². The highest BCUT2D eigenvalue weighted by atomic mass is 32.1. The number of thiazole rings is 1. The molecule has 0 spiro atoms. The van der Waals surface area contributed by atoms with Crippen LogP contribution >= 0.6 is 11.3 Å². The van der Waals surface area contributed by atoms with Gasteiger partial charge < -0.3 is 0 Å². The largest absolute Gasteiger partial charge is 0.270 e. The number of aromatic nitrogens is 1. The van der Waals surface area contributed by atoms with Crippen LogP contribution in [0.3, 0.4) is 0 Å². The molecular weight excluding hydrogens is 336 g/mol. The lowest BCUT2D eigenvalue weighted by Gasteiger charge is -1.95. The first-order valence-electron chi connectivity index (χ1n) is 7.52. The van der Waals surface area contributed by atoms with Crippen molar-refractivity contribution in [1.29, 1.82) is 0 Å². The Morgan fingerprint density at radius 2 is 2.00 bits per heavy atom. The van der Waals surface area contributed by atoms with Gasteiger partial charge >= 0.3 is 0 Å². The van der Waals surface area contributed by atoms with Crippen molar-refractivity contribution < 1.29 is 4.92 Å². The molecule has 0 aliphatic heterocycles. The van der Waals surface area contributed by atoms with Crippen molar-refractivity contribution in [3.05, 3.63) is 81.7 Å². The molecule has 0 saturated carbocycles. The number of nitro groups is 1. The molecule has 2 aromatic carbocycles. The van der Waals surface area contributed by atoms with E-state index in [1.807, 2.05) is 47.9 Å². The maximum absolute atomic E-state index is 10.8. The van der Waals surface area contributed by atoms with E-state index in [1.54, 1.807) is 12.1 Å². The van der Waals surface area contributed by atoms with Gasteiger partial charge in [-0.1, -0.05) is 54.6 Å². The number of azo groups is 1. The standard InChI is InChI=1S/C18H14N4O2S/c23-22(24)16-10-4-9-15(12-16)17-13-25-18(20-17)21-19-11-5-8-14-6-2-1-3-7-14/h1-10,12-13H,11H2. The van der Waals surface area contributed by atoms with E-state index in [2.05, 4.69) is 15.2 Å². The number of hydrogen-bond donors (Lipinski definition) is 0. The van der Waals surface area contributed by atoms with Crippen molar-refractivity contribution >= 4 is 28.2 Å². The Bertz CT molecular complexity index is 920.